The third kappa shape index (κ3) is 4.20. The molecule has 106 valence electrons. The first-order chi connectivity index (χ1) is 8.97. The fourth-order valence-corrected chi connectivity index (χ4v) is 2.75. The molecule has 0 spiro atoms. The summed E-state index contributed by atoms with van der Waals surface area (Å²) < 4.78 is 0. The van der Waals surface area contributed by atoms with Gasteiger partial charge >= 0.3 is 0 Å². The van der Waals surface area contributed by atoms with E-state index in [4.69, 9.17) is 11.6 Å². The van der Waals surface area contributed by atoms with Crippen LogP contribution in [0.2, 0.25) is 5.02 Å². The topological polar surface area (TPSA) is 23.5 Å². The molecule has 1 aromatic rings. The second-order valence-corrected chi connectivity index (χ2v) is 6.65. The highest BCUT2D eigenvalue weighted by molar-refractivity contribution is 6.30. The molecule has 19 heavy (non-hydrogen) atoms. The quantitative estimate of drug-likeness (QED) is 0.914. The average molecular weight is 282 g/mol. The lowest BCUT2D eigenvalue weighted by Gasteiger charge is -2.33. The summed E-state index contributed by atoms with van der Waals surface area (Å²) in [5.41, 5.74) is 1.51. The SMILES string of the molecule is CC(C)(CCN1CCC(O)CC1)c1ccc(Cl)cc1. The maximum absolute atomic E-state index is 9.52. The summed E-state index contributed by atoms with van der Waals surface area (Å²) in [5, 5.41) is 10.3. The molecular weight excluding hydrogens is 258 g/mol. The van der Waals surface area contributed by atoms with Crippen LogP contribution >= 0.6 is 11.6 Å². The summed E-state index contributed by atoms with van der Waals surface area (Å²) >= 11 is 5.94. The molecule has 3 heteroatoms. The molecule has 1 N–H and O–H groups in total. The standard InChI is InChI=1S/C16H24ClNO/c1-16(2,13-3-5-14(17)6-4-13)9-12-18-10-7-15(19)8-11-18/h3-6,15,19H,7-12H2,1-2H3. The second kappa shape index (κ2) is 6.25. The molecule has 2 nitrogen and oxygen atoms in total. The number of likely N-dealkylation sites (tertiary alicyclic amines) is 1. The first-order valence-corrected chi connectivity index (χ1v) is 7.52. The van der Waals surface area contributed by atoms with Gasteiger partial charge in [-0.05, 0) is 48.9 Å². The van der Waals surface area contributed by atoms with Gasteiger partial charge in [0.15, 0.2) is 0 Å². The average Bonchev–Trinajstić information content (AvgIpc) is 2.39. The molecular formula is C16H24ClNO. The minimum atomic E-state index is -0.0828. The van der Waals surface area contributed by atoms with E-state index in [1.807, 2.05) is 12.1 Å². The number of halogens is 1. The van der Waals surface area contributed by atoms with Crippen molar-refractivity contribution in [3.63, 3.8) is 0 Å². The van der Waals surface area contributed by atoms with Gasteiger partial charge in [0.2, 0.25) is 0 Å². The van der Waals surface area contributed by atoms with Gasteiger partial charge in [-0.1, -0.05) is 37.6 Å². The molecule has 0 saturated carbocycles. The van der Waals surface area contributed by atoms with Crippen LogP contribution in [0.15, 0.2) is 24.3 Å². The number of hydrogen-bond acceptors (Lipinski definition) is 2. The molecule has 0 atom stereocenters. The molecule has 2 rings (SSSR count). The normalized spacial score (nSPS) is 18.7. The summed E-state index contributed by atoms with van der Waals surface area (Å²) in [5.74, 6) is 0. The number of hydrogen-bond donors (Lipinski definition) is 1. The van der Waals surface area contributed by atoms with Crippen LogP contribution in [-0.4, -0.2) is 35.7 Å². The van der Waals surface area contributed by atoms with E-state index < -0.39 is 0 Å². The van der Waals surface area contributed by atoms with Gasteiger partial charge in [0.05, 0.1) is 6.10 Å². The first-order valence-electron chi connectivity index (χ1n) is 7.14. The fraction of sp³-hybridized carbons (Fsp3) is 0.625. The Hall–Kier alpha value is -0.570. The van der Waals surface area contributed by atoms with Gasteiger partial charge in [-0.3, -0.25) is 0 Å². The highest BCUT2D eigenvalue weighted by atomic mass is 35.5. The zero-order valence-electron chi connectivity index (χ0n) is 11.9. The molecule has 1 fully saturated rings. The van der Waals surface area contributed by atoms with E-state index >= 15 is 0 Å². The molecule has 1 aliphatic heterocycles. The van der Waals surface area contributed by atoms with Gasteiger partial charge in [0.1, 0.15) is 0 Å². The third-order valence-electron chi connectivity index (χ3n) is 4.24. The first kappa shape index (κ1) is 14.8. The third-order valence-corrected chi connectivity index (χ3v) is 4.49. The summed E-state index contributed by atoms with van der Waals surface area (Å²) in [6.07, 6.45) is 2.88. The minimum absolute atomic E-state index is 0.0828. The van der Waals surface area contributed by atoms with Crippen molar-refractivity contribution in [2.45, 2.75) is 44.6 Å². The molecule has 1 aliphatic rings. The van der Waals surface area contributed by atoms with Crippen molar-refractivity contribution in [2.75, 3.05) is 19.6 Å². The lowest BCUT2D eigenvalue weighted by Crippen LogP contribution is -2.38. The lowest BCUT2D eigenvalue weighted by atomic mass is 9.81. The van der Waals surface area contributed by atoms with Crippen LogP contribution < -0.4 is 0 Å². The molecule has 0 aromatic heterocycles. The number of benzene rings is 1. The molecule has 0 amide bonds. The van der Waals surface area contributed by atoms with Crippen LogP contribution in [0.3, 0.4) is 0 Å². The summed E-state index contributed by atoms with van der Waals surface area (Å²) in [6, 6.07) is 8.19. The number of rotatable bonds is 4. The molecule has 0 radical (unpaired) electrons. The maximum atomic E-state index is 9.52. The van der Waals surface area contributed by atoms with Crippen molar-refractivity contribution in [1.29, 1.82) is 0 Å². The molecule has 0 aliphatic carbocycles. The van der Waals surface area contributed by atoms with Gasteiger partial charge in [-0.2, -0.15) is 0 Å². The van der Waals surface area contributed by atoms with Gasteiger partial charge < -0.3 is 10.0 Å². The summed E-state index contributed by atoms with van der Waals surface area (Å²) in [4.78, 5) is 2.46. The van der Waals surface area contributed by atoms with Crippen LogP contribution in [0.25, 0.3) is 0 Å². The van der Waals surface area contributed by atoms with E-state index in [0.717, 1.165) is 43.9 Å². The molecule has 1 heterocycles. The van der Waals surface area contributed by atoms with Gasteiger partial charge in [-0.25, -0.2) is 0 Å². The van der Waals surface area contributed by atoms with Crippen molar-refractivity contribution in [3.8, 4) is 0 Å². The van der Waals surface area contributed by atoms with Crippen LogP contribution in [0.4, 0.5) is 0 Å². The van der Waals surface area contributed by atoms with Crippen molar-refractivity contribution < 1.29 is 5.11 Å². The van der Waals surface area contributed by atoms with Gasteiger partial charge in [0.25, 0.3) is 0 Å². The molecule has 0 unspecified atom stereocenters. The van der Waals surface area contributed by atoms with E-state index in [1.54, 1.807) is 0 Å². The zero-order chi connectivity index (χ0) is 13.9. The fourth-order valence-electron chi connectivity index (χ4n) is 2.63. The molecule has 1 aromatic carbocycles. The largest absolute Gasteiger partial charge is 0.393 e. The van der Waals surface area contributed by atoms with Crippen molar-refractivity contribution in [3.05, 3.63) is 34.9 Å². The van der Waals surface area contributed by atoms with Gasteiger partial charge in [-0.15, -0.1) is 0 Å². The highest BCUT2D eigenvalue weighted by Crippen LogP contribution is 2.28. The Labute approximate surface area is 121 Å². The zero-order valence-corrected chi connectivity index (χ0v) is 12.7. The molecule has 0 bridgehead atoms. The Morgan fingerprint density at radius 2 is 1.79 bits per heavy atom. The van der Waals surface area contributed by atoms with Crippen LogP contribution in [0.5, 0.6) is 0 Å². The van der Waals surface area contributed by atoms with E-state index in [-0.39, 0.29) is 11.5 Å². The van der Waals surface area contributed by atoms with Crippen molar-refractivity contribution in [1.82, 2.24) is 4.90 Å². The van der Waals surface area contributed by atoms with Crippen molar-refractivity contribution >= 4 is 11.6 Å². The van der Waals surface area contributed by atoms with Crippen molar-refractivity contribution in [2.24, 2.45) is 0 Å². The number of nitrogens with zero attached hydrogens (tertiary/aromatic N) is 1. The van der Waals surface area contributed by atoms with Crippen LogP contribution in [-0.2, 0) is 5.41 Å². The number of piperidine rings is 1. The van der Waals surface area contributed by atoms with E-state index in [9.17, 15) is 5.11 Å². The van der Waals surface area contributed by atoms with E-state index in [0.29, 0.717) is 0 Å². The van der Waals surface area contributed by atoms with E-state index in [2.05, 4.69) is 30.9 Å². The lowest BCUT2D eigenvalue weighted by molar-refractivity contribution is 0.0794. The molecule has 1 saturated heterocycles. The Bertz CT molecular complexity index is 394. The smallest absolute Gasteiger partial charge is 0.0564 e. The number of aliphatic hydroxyl groups is 1. The van der Waals surface area contributed by atoms with Gasteiger partial charge in [0, 0.05) is 18.1 Å². The second-order valence-electron chi connectivity index (χ2n) is 6.21. The predicted molar refractivity (Wildman–Crippen MR) is 80.8 cm³/mol. The summed E-state index contributed by atoms with van der Waals surface area (Å²) in [7, 11) is 0. The van der Waals surface area contributed by atoms with E-state index in [1.165, 1.54) is 5.56 Å². The Balaban J connectivity index is 1.88. The maximum Gasteiger partial charge on any atom is 0.0564 e. The monoisotopic (exact) mass is 281 g/mol. The number of aliphatic hydroxyl groups excluding tert-OH is 1. The Morgan fingerprint density at radius 3 is 2.37 bits per heavy atom. The van der Waals surface area contributed by atoms with Crippen LogP contribution in [0, 0.1) is 0 Å². The Morgan fingerprint density at radius 1 is 1.21 bits per heavy atom. The Kier molecular flexibility index (Phi) is 4.88. The minimum Gasteiger partial charge on any atom is -0.393 e. The predicted octanol–water partition coefficient (Wildman–Crippen LogP) is 3.46. The summed E-state index contributed by atoms with van der Waals surface area (Å²) in [6.45, 7) is 7.72. The van der Waals surface area contributed by atoms with Crippen LogP contribution in [0.1, 0.15) is 38.7 Å². The highest BCUT2D eigenvalue weighted by Gasteiger charge is 2.23.